The molecule has 10 nitrogen and oxygen atoms in total. The molecule has 1 fully saturated rings. The lowest BCUT2D eigenvalue weighted by atomic mass is 9.89. The van der Waals surface area contributed by atoms with E-state index in [1.165, 1.54) is 6.07 Å². The van der Waals surface area contributed by atoms with Crippen molar-refractivity contribution in [1.29, 1.82) is 0 Å². The van der Waals surface area contributed by atoms with Gasteiger partial charge in [0.1, 0.15) is 11.4 Å². The number of halogens is 3. The molecule has 0 spiro atoms. The highest BCUT2D eigenvalue weighted by Crippen LogP contribution is 2.48. The Morgan fingerprint density at radius 3 is 2.33 bits per heavy atom. The number of nitrogens with one attached hydrogen (secondary N) is 2. The Labute approximate surface area is 278 Å². The molecule has 2 unspecified atom stereocenters. The average Bonchev–Trinajstić information content (AvgIpc) is 3.75. The first-order valence-corrected chi connectivity index (χ1v) is 17.9. The Bertz CT molecular complexity index is 1710. The highest BCUT2D eigenvalue weighted by Gasteiger charge is 2.50. The molecule has 2 aromatic carbocycles. The molecule has 0 bridgehead atoms. The number of amides is 2. The van der Waals surface area contributed by atoms with E-state index in [4.69, 9.17) is 5.73 Å². The first-order valence-electron chi connectivity index (χ1n) is 16.1. The minimum Gasteiger partial charge on any atom is -0.391 e. The van der Waals surface area contributed by atoms with Crippen molar-refractivity contribution in [3.63, 3.8) is 0 Å². The molecule has 0 saturated heterocycles. The van der Waals surface area contributed by atoms with Crippen LogP contribution in [0.4, 0.5) is 13.2 Å². The van der Waals surface area contributed by atoms with Crippen LogP contribution in [0.3, 0.4) is 0 Å². The van der Waals surface area contributed by atoms with Crippen molar-refractivity contribution < 1.29 is 36.3 Å². The smallest absolute Gasteiger partial charge is 0.391 e. The number of likely N-dealkylation sites (N-methyl/N-ethyl adjacent to an activating group) is 1. The van der Waals surface area contributed by atoms with Crippen LogP contribution >= 0.6 is 0 Å². The number of rotatable bonds is 13. The number of fused-ring (bicyclic) bond motifs is 1. The molecule has 48 heavy (non-hydrogen) atoms. The fourth-order valence-corrected chi connectivity index (χ4v) is 7.85. The summed E-state index contributed by atoms with van der Waals surface area (Å²) in [4.78, 5) is 28.3. The molecule has 5 N–H and O–H groups in total. The van der Waals surface area contributed by atoms with Gasteiger partial charge in [-0.2, -0.15) is 13.2 Å². The van der Waals surface area contributed by atoms with Gasteiger partial charge in [0.2, 0.25) is 10.0 Å². The standard InChI is InChI=1S/C34H42F3N5O5S/c1-4-22-17-26(42-27(22)20-41(48(3,46)47)30(29(42)31(38)44)32(45)39-5-2)25(16-21-10-7-6-8-11-21)28(43)19-40-33(14-15-33)23-12-9-13-24(18-23)34(35,36)37/h6-13,17-18,22,25,27-28,40,43H,4-5,14-16,19-20H2,1-3H3,(H2,38,44)(H,39,45)/t22?,25-,27?,28-/m0/s1. The van der Waals surface area contributed by atoms with E-state index in [-0.39, 0.29) is 36.9 Å². The zero-order chi connectivity index (χ0) is 35.0. The second-order valence-corrected chi connectivity index (χ2v) is 14.6. The number of benzene rings is 2. The maximum Gasteiger partial charge on any atom is 0.416 e. The first-order chi connectivity index (χ1) is 22.6. The average molecular weight is 690 g/mol. The van der Waals surface area contributed by atoms with Crippen molar-refractivity contribution in [2.75, 3.05) is 25.9 Å². The van der Waals surface area contributed by atoms with Crippen molar-refractivity contribution in [2.24, 2.45) is 17.6 Å². The van der Waals surface area contributed by atoms with Crippen LogP contribution in [0, 0.1) is 11.8 Å². The van der Waals surface area contributed by atoms with Gasteiger partial charge in [-0.25, -0.2) is 8.42 Å². The molecule has 4 atom stereocenters. The summed E-state index contributed by atoms with van der Waals surface area (Å²) in [5.41, 5.74) is 5.70. The van der Waals surface area contributed by atoms with Gasteiger partial charge in [0.15, 0.2) is 0 Å². The number of carbonyl (C=O) groups is 2. The lowest BCUT2D eigenvalue weighted by Gasteiger charge is -2.44. The number of aliphatic hydroxyl groups is 1. The van der Waals surface area contributed by atoms with Crippen LogP contribution < -0.4 is 16.4 Å². The van der Waals surface area contributed by atoms with Gasteiger partial charge in [0.25, 0.3) is 11.8 Å². The number of alkyl halides is 3. The lowest BCUT2D eigenvalue weighted by molar-refractivity contribution is -0.137. The minimum atomic E-state index is -4.49. The molecule has 14 heteroatoms. The molecule has 2 amide bonds. The second-order valence-electron chi connectivity index (χ2n) is 12.7. The predicted octanol–water partition coefficient (Wildman–Crippen LogP) is 3.21. The number of nitrogens with two attached hydrogens (primary N) is 1. The van der Waals surface area contributed by atoms with Crippen LogP contribution in [0.25, 0.3) is 0 Å². The van der Waals surface area contributed by atoms with E-state index in [1.54, 1.807) is 17.9 Å². The van der Waals surface area contributed by atoms with Gasteiger partial charge in [-0.3, -0.25) is 13.9 Å². The topological polar surface area (TPSA) is 145 Å². The zero-order valence-electron chi connectivity index (χ0n) is 27.1. The maximum absolute atomic E-state index is 13.5. The highest BCUT2D eigenvalue weighted by molar-refractivity contribution is 7.88. The third kappa shape index (κ3) is 7.10. The largest absolute Gasteiger partial charge is 0.416 e. The molecule has 1 saturated carbocycles. The number of hydrogen-bond donors (Lipinski definition) is 4. The Hall–Kier alpha value is -3.88. The van der Waals surface area contributed by atoms with E-state index < -0.39 is 57.2 Å². The van der Waals surface area contributed by atoms with E-state index in [0.717, 1.165) is 28.3 Å². The van der Waals surface area contributed by atoms with Gasteiger partial charge < -0.3 is 26.4 Å². The summed E-state index contributed by atoms with van der Waals surface area (Å²) in [6.07, 6.45) is -0.656. The van der Waals surface area contributed by atoms with Crippen molar-refractivity contribution in [2.45, 2.75) is 63.4 Å². The molecule has 2 heterocycles. The number of carbonyl (C=O) groups excluding carboxylic acids is 2. The van der Waals surface area contributed by atoms with Crippen LogP contribution in [0.2, 0.25) is 0 Å². The molecular formula is C34H42F3N5O5S. The van der Waals surface area contributed by atoms with E-state index >= 15 is 0 Å². The molecule has 1 aliphatic carbocycles. The van der Waals surface area contributed by atoms with Gasteiger partial charge >= 0.3 is 6.18 Å². The Morgan fingerprint density at radius 1 is 1.08 bits per heavy atom. The van der Waals surface area contributed by atoms with Crippen LogP contribution in [-0.2, 0) is 37.7 Å². The monoisotopic (exact) mass is 689 g/mol. The summed E-state index contributed by atoms with van der Waals surface area (Å²) in [6, 6.07) is 14.0. The molecule has 5 rings (SSSR count). The van der Waals surface area contributed by atoms with E-state index in [0.29, 0.717) is 36.9 Å². The number of primary amides is 1. The fraction of sp³-hybridized carbons (Fsp3) is 0.471. The summed E-state index contributed by atoms with van der Waals surface area (Å²) < 4.78 is 67.5. The van der Waals surface area contributed by atoms with Crippen molar-refractivity contribution in [1.82, 2.24) is 19.8 Å². The molecule has 0 radical (unpaired) electrons. The predicted molar refractivity (Wildman–Crippen MR) is 174 cm³/mol. The molecule has 2 aliphatic heterocycles. The van der Waals surface area contributed by atoms with E-state index in [9.17, 15) is 36.3 Å². The third-order valence-electron chi connectivity index (χ3n) is 9.50. The minimum absolute atomic E-state index is 0.00858. The first kappa shape index (κ1) is 35.4. The zero-order valence-corrected chi connectivity index (χ0v) is 27.9. The van der Waals surface area contributed by atoms with Gasteiger partial charge in [-0.05, 0) is 55.9 Å². The van der Waals surface area contributed by atoms with Crippen LogP contribution in [0.15, 0.2) is 77.8 Å². The molecular weight excluding hydrogens is 647 g/mol. The van der Waals surface area contributed by atoms with Gasteiger partial charge in [0, 0.05) is 36.2 Å². The number of aliphatic hydroxyl groups excluding tert-OH is 1. The molecule has 3 aliphatic rings. The second kappa shape index (κ2) is 13.6. The van der Waals surface area contributed by atoms with Crippen molar-refractivity contribution in [3.05, 3.63) is 94.5 Å². The summed E-state index contributed by atoms with van der Waals surface area (Å²) in [5, 5.41) is 17.9. The summed E-state index contributed by atoms with van der Waals surface area (Å²) in [6.45, 7) is 3.65. The maximum atomic E-state index is 13.5. The molecule has 260 valence electrons. The Balaban J connectivity index is 1.55. The van der Waals surface area contributed by atoms with Crippen molar-refractivity contribution >= 4 is 21.8 Å². The highest BCUT2D eigenvalue weighted by atomic mass is 32.2. The Kier molecular flexibility index (Phi) is 10.0. The Morgan fingerprint density at radius 2 is 1.77 bits per heavy atom. The van der Waals surface area contributed by atoms with Gasteiger partial charge in [-0.15, -0.1) is 0 Å². The number of nitrogens with zero attached hydrogens (tertiary/aromatic N) is 2. The SMILES string of the molecule is CCNC(=O)C1=C(C(N)=O)N2C([C@H](Cc3ccccc3)[C@@H](O)CNC3(c4cccc(C(F)(F)F)c4)CC3)=CC(CC)C2CN1S(C)(=O)=O. The van der Waals surface area contributed by atoms with Crippen LogP contribution in [-0.4, -0.2) is 72.6 Å². The molecule has 0 aromatic heterocycles. The fourth-order valence-electron chi connectivity index (χ4n) is 6.93. The quantitative estimate of drug-likeness (QED) is 0.253. The van der Waals surface area contributed by atoms with E-state index in [2.05, 4.69) is 10.6 Å². The summed E-state index contributed by atoms with van der Waals surface area (Å²) >= 11 is 0. The third-order valence-corrected chi connectivity index (χ3v) is 10.6. The van der Waals surface area contributed by atoms with Crippen molar-refractivity contribution in [3.8, 4) is 0 Å². The lowest BCUT2D eigenvalue weighted by Crippen LogP contribution is -2.56. The summed E-state index contributed by atoms with van der Waals surface area (Å²) in [7, 11) is -4.01. The van der Waals surface area contributed by atoms with Gasteiger partial charge in [0.05, 0.1) is 30.5 Å². The number of hydrogen-bond acceptors (Lipinski definition) is 7. The normalized spacial score (nSPS) is 21.8. The summed E-state index contributed by atoms with van der Waals surface area (Å²) in [5.74, 6) is -2.70. The van der Waals surface area contributed by atoms with Crippen LogP contribution in [0.1, 0.15) is 49.8 Å². The molecule has 2 aromatic rings. The van der Waals surface area contributed by atoms with Crippen LogP contribution in [0.5, 0.6) is 0 Å². The number of sulfonamides is 1. The van der Waals surface area contributed by atoms with Gasteiger partial charge in [-0.1, -0.05) is 55.5 Å². The van der Waals surface area contributed by atoms with E-state index in [1.807, 2.05) is 43.3 Å².